The zero-order valence-electron chi connectivity index (χ0n) is 22.7. The normalized spacial score (nSPS) is 20.7. The largest absolute Gasteiger partial charge is 0.411 e. The molecule has 2 amide bonds. The van der Waals surface area contributed by atoms with Crippen LogP contribution >= 0.6 is 0 Å². The van der Waals surface area contributed by atoms with E-state index in [9.17, 15) is 14.4 Å². The van der Waals surface area contributed by atoms with Gasteiger partial charge in [-0.05, 0) is 31.5 Å². The lowest BCUT2D eigenvalue weighted by molar-refractivity contribution is -0.0161. The van der Waals surface area contributed by atoms with Crippen molar-refractivity contribution < 1.29 is 14.0 Å². The van der Waals surface area contributed by atoms with Gasteiger partial charge in [0.15, 0.2) is 8.32 Å². The van der Waals surface area contributed by atoms with Gasteiger partial charge >= 0.3 is 11.7 Å². The molecule has 1 aromatic heterocycles. The molecule has 3 N–H and O–H groups in total. The van der Waals surface area contributed by atoms with Crippen LogP contribution in [0.25, 0.3) is 0 Å². The van der Waals surface area contributed by atoms with Crippen molar-refractivity contribution in [2.45, 2.75) is 116 Å². The number of amides is 2. The van der Waals surface area contributed by atoms with Crippen LogP contribution in [0.3, 0.4) is 0 Å². The maximum atomic E-state index is 12.4. The lowest BCUT2D eigenvalue weighted by Gasteiger charge is -2.39. The number of hydrogen-bond donors (Lipinski definition) is 3. The number of hydrogen-bond acceptors (Lipinski definition) is 5. The van der Waals surface area contributed by atoms with Gasteiger partial charge in [0, 0.05) is 31.3 Å². The minimum Gasteiger partial charge on any atom is -0.411 e. The fraction of sp³-hybridized carbons (Fsp3) is 0.800. The SMILES string of the molecule is CCCCCCCCNC(=O)NC[C@H]1O[C@@H](n2cc(C)c(=O)[nH]c2=O)C[C@@H]1O[Si](C)(C)C(C)(C)C. The first-order valence-corrected chi connectivity index (χ1v) is 15.9. The van der Waals surface area contributed by atoms with E-state index in [4.69, 9.17) is 9.16 Å². The summed E-state index contributed by atoms with van der Waals surface area (Å²) in [6, 6.07) is -0.228. The lowest BCUT2D eigenvalue weighted by Crippen LogP contribution is -2.49. The van der Waals surface area contributed by atoms with Gasteiger partial charge < -0.3 is 19.8 Å². The van der Waals surface area contributed by atoms with Gasteiger partial charge in [0.2, 0.25) is 0 Å². The molecule has 0 aromatic carbocycles. The van der Waals surface area contributed by atoms with Crippen LogP contribution < -0.4 is 21.9 Å². The first-order valence-electron chi connectivity index (χ1n) is 13.0. The summed E-state index contributed by atoms with van der Waals surface area (Å²) >= 11 is 0. The zero-order valence-corrected chi connectivity index (χ0v) is 23.7. The Labute approximate surface area is 210 Å². The van der Waals surface area contributed by atoms with Gasteiger partial charge in [0.1, 0.15) is 12.3 Å². The molecule has 2 rings (SSSR count). The summed E-state index contributed by atoms with van der Waals surface area (Å²) in [6.45, 7) is 15.6. The van der Waals surface area contributed by atoms with Gasteiger partial charge in [-0.1, -0.05) is 59.8 Å². The summed E-state index contributed by atoms with van der Waals surface area (Å²) in [6.07, 6.45) is 7.73. The van der Waals surface area contributed by atoms with E-state index in [0.717, 1.165) is 12.8 Å². The van der Waals surface area contributed by atoms with Crippen molar-refractivity contribution in [3.63, 3.8) is 0 Å². The molecule has 0 aliphatic carbocycles. The molecule has 200 valence electrons. The van der Waals surface area contributed by atoms with Crippen LogP contribution in [0.1, 0.15) is 84.4 Å². The van der Waals surface area contributed by atoms with E-state index in [2.05, 4.69) is 56.4 Å². The molecule has 1 aromatic rings. The Morgan fingerprint density at radius 3 is 2.49 bits per heavy atom. The summed E-state index contributed by atoms with van der Waals surface area (Å²) in [4.78, 5) is 39.0. The molecule has 35 heavy (non-hydrogen) atoms. The van der Waals surface area contributed by atoms with Gasteiger partial charge in [-0.3, -0.25) is 14.3 Å². The Hall–Kier alpha value is -1.91. The average molecular weight is 511 g/mol. The van der Waals surface area contributed by atoms with Crippen molar-refractivity contribution in [1.82, 2.24) is 20.2 Å². The zero-order chi connectivity index (χ0) is 26.2. The van der Waals surface area contributed by atoms with Crippen LogP contribution in [-0.4, -0.2) is 49.2 Å². The number of unbranched alkanes of at least 4 members (excludes halogenated alkanes) is 5. The summed E-state index contributed by atoms with van der Waals surface area (Å²) in [5, 5.41) is 5.83. The molecule has 1 aliphatic rings. The van der Waals surface area contributed by atoms with E-state index in [-0.39, 0.29) is 23.7 Å². The van der Waals surface area contributed by atoms with Crippen molar-refractivity contribution in [2.75, 3.05) is 13.1 Å². The number of aromatic nitrogens is 2. The smallest absolute Gasteiger partial charge is 0.330 e. The molecule has 10 heteroatoms. The molecular weight excluding hydrogens is 464 g/mol. The molecule has 0 spiro atoms. The Morgan fingerprint density at radius 1 is 1.17 bits per heavy atom. The van der Waals surface area contributed by atoms with Gasteiger partial charge in [-0.25, -0.2) is 9.59 Å². The Balaban J connectivity index is 2.01. The molecule has 0 radical (unpaired) electrons. The highest BCUT2D eigenvalue weighted by Crippen LogP contribution is 2.40. The van der Waals surface area contributed by atoms with Crippen molar-refractivity contribution in [2.24, 2.45) is 0 Å². The number of rotatable bonds is 12. The number of nitrogens with one attached hydrogen (secondary N) is 3. The molecule has 2 heterocycles. The highest BCUT2D eigenvalue weighted by Gasteiger charge is 2.45. The maximum Gasteiger partial charge on any atom is 0.330 e. The van der Waals surface area contributed by atoms with Crippen molar-refractivity contribution >= 4 is 14.3 Å². The first-order chi connectivity index (χ1) is 16.4. The van der Waals surface area contributed by atoms with Gasteiger partial charge in [-0.15, -0.1) is 0 Å². The number of nitrogens with zero attached hydrogens (tertiary/aromatic N) is 1. The number of H-pyrrole nitrogens is 1. The second-order valence-corrected chi connectivity index (χ2v) is 15.9. The summed E-state index contributed by atoms with van der Waals surface area (Å²) < 4.78 is 14.3. The molecule has 0 bridgehead atoms. The molecule has 3 atom stereocenters. The van der Waals surface area contributed by atoms with Crippen LogP contribution in [0.15, 0.2) is 15.8 Å². The lowest BCUT2D eigenvalue weighted by atomic mass is 10.1. The number of aryl methyl sites for hydroxylation is 1. The number of urea groups is 1. The molecular formula is C25H46N4O5Si. The first kappa shape index (κ1) is 29.3. The topological polar surface area (TPSA) is 114 Å². The maximum absolute atomic E-state index is 12.4. The Bertz CT molecular complexity index is 937. The van der Waals surface area contributed by atoms with Crippen molar-refractivity contribution in [3.05, 3.63) is 32.6 Å². The molecule has 0 saturated carbocycles. The summed E-state index contributed by atoms with van der Waals surface area (Å²) in [5.41, 5.74) is -0.480. The van der Waals surface area contributed by atoms with E-state index in [1.165, 1.54) is 36.4 Å². The minimum absolute atomic E-state index is 0.00295. The minimum atomic E-state index is -2.13. The summed E-state index contributed by atoms with van der Waals surface area (Å²) in [7, 11) is -2.13. The third kappa shape index (κ3) is 8.61. The van der Waals surface area contributed by atoms with Crippen LogP contribution in [0.4, 0.5) is 4.79 Å². The fourth-order valence-corrected chi connectivity index (χ4v) is 5.25. The number of ether oxygens (including phenoxy) is 1. The van der Waals surface area contributed by atoms with Gasteiger partial charge in [-0.2, -0.15) is 0 Å². The molecule has 1 aliphatic heterocycles. The Morgan fingerprint density at radius 2 is 1.83 bits per heavy atom. The molecule has 1 fully saturated rings. The quantitative estimate of drug-likeness (QED) is 0.288. The second kappa shape index (κ2) is 12.9. The van der Waals surface area contributed by atoms with Gasteiger partial charge in [0.05, 0.1) is 6.10 Å². The predicted molar refractivity (Wildman–Crippen MR) is 141 cm³/mol. The van der Waals surface area contributed by atoms with Crippen molar-refractivity contribution in [3.8, 4) is 0 Å². The molecule has 9 nitrogen and oxygen atoms in total. The fourth-order valence-electron chi connectivity index (χ4n) is 3.90. The standard InChI is InChI=1S/C25H46N4O5Si/c1-8-9-10-11-12-13-14-26-23(31)27-16-20-19(34-35(6,7)25(3,4)5)15-21(33-20)29-17-18(2)22(30)28-24(29)32/h17,19-21H,8-16H2,1-7H3,(H2,26,27,31)(H,28,30,32)/t19-,20+,21+/m0/s1. The number of carbonyl (C=O) groups is 1. The van der Waals surface area contributed by atoms with Crippen LogP contribution in [0.2, 0.25) is 18.1 Å². The third-order valence-corrected chi connectivity index (χ3v) is 11.7. The van der Waals surface area contributed by atoms with E-state index < -0.39 is 31.9 Å². The Kier molecular flexibility index (Phi) is 10.8. The number of aromatic amines is 1. The highest BCUT2D eigenvalue weighted by molar-refractivity contribution is 6.74. The monoisotopic (exact) mass is 510 g/mol. The van der Waals surface area contributed by atoms with E-state index >= 15 is 0 Å². The molecule has 1 saturated heterocycles. The molecule has 0 unspecified atom stereocenters. The van der Waals surface area contributed by atoms with Crippen LogP contribution in [-0.2, 0) is 9.16 Å². The van der Waals surface area contributed by atoms with Crippen molar-refractivity contribution in [1.29, 1.82) is 0 Å². The average Bonchev–Trinajstić information content (AvgIpc) is 3.15. The number of carbonyl (C=O) groups excluding carboxylic acids is 1. The van der Waals surface area contributed by atoms with Crippen LogP contribution in [0, 0.1) is 6.92 Å². The van der Waals surface area contributed by atoms with Crippen LogP contribution in [0.5, 0.6) is 0 Å². The van der Waals surface area contributed by atoms with Gasteiger partial charge in [0.25, 0.3) is 5.56 Å². The highest BCUT2D eigenvalue weighted by atomic mass is 28.4. The predicted octanol–water partition coefficient (Wildman–Crippen LogP) is 4.18. The third-order valence-electron chi connectivity index (χ3n) is 7.17. The van der Waals surface area contributed by atoms with E-state index in [1.54, 1.807) is 6.92 Å². The van der Waals surface area contributed by atoms with E-state index in [0.29, 0.717) is 18.5 Å². The van der Waals surface area contributed by atoms with E-state index in [1.807, 2.05) is 0 Å². The second-order valence-electron chi connectivity index (χ2n) is 11.2. The summed E-state index contributed by atoms with van der Waals surface area (Å²) in [5.74, 6) is 0.